The molecule has 0 unspecified atom stereocenters. The highest BCUT2D eigenvalue weighted by Crippen LogP contribution is 2.25. The van der Waals surface area contributed by atoms with Crippen LogP contribution in [-0.2, 0) is 14.8 Å². The standard InChI is InChI=1S/C18H27FN4O4S/c1-20-11-14(10-19)13-27-17-5-4-16(12-21-17)28(25,26)23-8-6-15(7-9-23)18(24)22(2)3/h4-5,10,12,15,20H,6-9,11,13H2,1-3H3/b14-10+. The molecule has 0 radical (unpaired) electrons. The molecule has 0 saturated carbocycles. The van der Waals surface area contributed by atoms with E-state index in [0.29, 0.717) is 44.4 Å². The largest absolute Gasteiger partial charge is 0.473 e. The zero-order valence-electron chi connectivity index (χ0n) is 16.4. The molecule has 0 atom stereocenters. The van der Waals surface area contributed by atoms with Crippen molar-refractivity contribution < 1.29 is 22.3 Å². The van der Waals surface area contributed by atoms with E-state index in [9.17, 15) is 17.6 Å². The second kappa shape index (κ2) is 9.94. The summed E-state index contributed by atoms with van der Waals surface area (Å²) in [6, 6.07) is 2.87. The van der Waals surface area contributed by atoms with Crippen LogP contribution in [0, 0.1) is 5.92 Å². The van der Waals surface area contributed by atoms with Gasteiger partial charge >= 0.3 is 0 Å². The maximum Gasteiger partial charge on any atom is 0.244 e. The topological polar surface area (TPSA) is 91.8 Å². The molecule has 1 saturated heterocycles. The van der Waals surface area contributed by atoms with Crippen LogP contribution in [-0.4, -0.2) is 75.9 Å². The number of aromatic nitrogens is 1. The minimum Gasteiger partial charge on any atom is -0.473 e. The van der Waals surface area contributed by atoms with Gasteiger partial charge in [0.25, 0.3) is 0 Å². The van der Waals surface area contributed by atoms with Crippen molar-refractivity contribution in [1.29, 1.82) is 0 Å². The summed E-state index contributed by atoms with van der Waals surface area (Å²) in [7, 11) is 1.41. The number of rotatable bonds is 8. The van der Waals surface area contributed by atoms with Crippen LogP contribution in [0.2, 0.25) is 0 Å². The van der Waals surface area contributed by atoms with E-state index in [-0.39, 0.29) is 29.2 Å². The second-order valence-corrected chi connectivity index (χ2v) is 8.77. The van der Waals surface area contributed by atoms with Gasteiger partial charge in [0, 0.05) is 51.3 Å². The van der Waals surface area contributed by atoms with Crippen molar-refractivity contribution >= 4 is 15.9 Å². The number of hydrogen-bond donors (Lipinski definition) is 1. The maximum absolute atomic E-state index is 12.8. The highest BCUT2D eigenvalue weighted by Gasteiger charge is 2.32. The number of hydrogen-bond acceptors (Lipinski definition) is 6. The Labute approximate surface area is 165 Å². The van der Waals surface area contributed by atoms with E-state index in [1.165, 1.54) is 27.5 Å². The normalized spacial score (nSPS) is 16.8. The molecule has 0 aromatic carbocycles. The third-order valence-corrected chi connectivity index (χ3v) is 6.44. The summed E-state index contributed by atoms with van der Waals surface area (Å²) in [5.41, 5.74) is 0.413. The van der Waals surface area contributed by atoms with E-state index < -0.39 is 10.0 Å². The third-order valence-electron chi connectivity index (χ3n) is 4.55. The molecule has 1 amide bonds. The number of ether oxygens (including phenoxy) is 1. The number of halogens is 1. The van der Waals surface area contributed by atoms with E-state index in [4.69, 9.17) is 4.74 Å². The van der Waals surface area contributed by atoms with Gasteiger partial charge in [-0.05, 0) is 26.0 Å². The van der Waals surface area contributed by atoms with Crippen LogP contribution in [0.4, 0.5) is 4.39 Å². The summed E-state index contributed by atoms with van der Waals surface area (Å²) in [5, 5.41) is 2.82. The van der Waals surface area contributed by atoms with Gasteiger partial charge in [0.2, 0.25) is 21.8 Å². The molecular weight excluding hydrogens is 387 g/mol. The van der Waals surface area contributed by atoms with Crippen molar-refractivity contribution in [2.24, 2.45) is 5.92 Å². The van der Waals surface area contributed by atoms with Crippen molar-refractivity contribution in [1.82, 2.24) is 19.5 Å². The van der Waals surface area contributed by atoms with E-state index in [2.05, 4.69) is 10.3 Å². The second-order valence-electron chi connectivity index (χ2n) is 6.83. The predicted molar refractivity (Wildman–Crippen MR) is 103 cm³/mol. The number of sulfonamides is 1. The Kier molecular flexibility index (Phi) is 7.90. The van der Waals surface area contributed by atoms with Crippen molar-refractivity contribution in [2.45, 2.75) is 17.7 Å². The van der Waals surface area contributed by atoms with Crippen LogP contribution < -0.4 is 10.1 Å². The Balaban J connectivity index is 1.98. The van der Waals surface area contributed by atoms with Gasteiger partial charge in [-0.3, -0.25) is 4.79 Å². The van der Waals surface area contributed by atoms with Gasteiger partial charge in [0.15, 0.2) is 0 Å². The van der Waals surface area contributed by atoms with Crippen LogP contribution in [0.25, 0.3) is 0 Å². The van der Waals surface area contributed by atoms with Crippen molar-refractivity contribution in [2.75, 3.05) is 47.4 Å². The summed E-state index contributed by atoms with van der Waals surface area (Å²) >= 11 is 0. The number of carbonyl (C=O) groups excluding carboxylic acids is 1. The van der Waals surface area contributed by atoms with Gasteiger partial charge in [0.05, 0.1) is 12.5 Å². The van der Waals surface area contributed by atoms with Crippen LogP contribution in [0.3, 0.4) is 0 Å². The number of piperidine rings is 1. The van der Waals surface area contributed by atoms with Crippen molar-refractivity contribution in [3.8, 4) is 5.88 Å². The lowest BCUT2D eigenvalue weighted by Crippen LogP contribution is -2.42. The number of likely N-dealkylation sites (N-methyl/N-ethyl adjacent to an activating group) is 1. The van der Waals surface area contributed by atoms with E-state index in [1.54, 1.807) is 21.1 Å². The average molecular weight is 415 g/mol. The molecule has 0 spiro atoms. The number of amides is 1. The molecule has 1 aromatic rings. The van der Waals surface area contributed by atoms with Crippen LogP contribution in [0.5, 0.6) is 5.88 Å². The molecule has 1 aliphatic heterocycles. The lowest BCUT2D eigenvalue weighted by atomic mass is 9.97. The summed E-state index contributed by atoms with van der Waals surface area (Å²) in [4.78, 5) is 17.7. The fourth-order valence-corrected chi connectivity index (χ4v) is 4.39. The van der Waals surface area contributed by atoms with Gasteiger partial charge in [-0.2, -0.15) is 4.31 Å². The molecular formula is C18H27FN4O4S. The van der Waals surface area contributed by atoms with Crippen LogP contribution in [0.15, 0.2) is 35.1 Å². The number of pyridine rings is 1. The Bertz CT molecular complexity index is 788. The maximum atomic E-state index is 12.8. The molecule has 2 heterocycles. The molecule has 1 aromatic heterocycles. The van der Waals surface area contributed by atoms with Gasteiger partial charge in [-0.1, -0.05) is 0 Å². The summed E-state index contributed by atoms with van der Waals surface area (Å²) in [6.45, 7) is 0.943. The van der Waals surface area contributed by atoms with Gasteiger partial charge in [-0.25, -0.2) is 17.8 Å². The summed E-state index contributed by atoms with van der Waals surface area (Å²) in [6.07, 6.45) is 2.70. The Morgan fingerprint density at radius 1 is 1.39 bits per heavy atom. The number of nitrogens with zero attached hydrogens (tertiary/aromatic N) is 3. The monoisotopic (exact) mass is 414 g/mol. The highest BCUT2D eigenvalue weighted by atomic mass is 32.2. The highest BCUT2D eigenvalue weighted by molar-refractivity contribution is 7.89. The summed E-state index contributed by atoms with van der Waals surface area (Å²) < 4.78 is 45.0. The SMILES string of the molecule is CNC/C(=C\F)COc1ccc(S(=O)(=O)N2CCC(C(=O)N(C)C)CC2)cn1. The predicted octanol–water partition coefficient (Wildman–Crippen LogP) is 1.02. The lowest BCUT2D eigenvalue weighted by Gasteiger charge is -2.31. The zero-order valence-corrected chi connectivity index (χ0v) is 17.2. The Morgan fingerprint density at radius 2 is 2.07 bits per heavy atom. The van der Waals surface area contributed by atoms with E-state index in [1.807, 2.05) is 0 Å². The summed E-state index contributed by atoms with van der Waals surface area (Å²) in [5.74, 6) is 0.0931. The van der Waals surface area contributed by atoms with Gasteiger partial charge in [0.1, 0.15) is 11.5 Å². The average Bonchev–Trinajstić information content (AvgIpc) is 2.70. The zero-order chi connectivity index (χ0) is 20.7. The smallest absolute Gasteiger partial charge is 0.244 e. The van der Waals surface area contributed by atoms with E-state index >= 15 is 0 Å². The Hall–Kier alpha value is -2.04. The molecule has 0 bridgehead atoms. The van der Waals surface area contributed by atoms with Crippen molar-refractivity contribution in [3.63, 3.8) is 0 Å². The number of carbonyl (C=O) groups is 1. The first-order valence-corrected chi connectivity index (χ1v) is 10.5. The molecule has 1 fully saturated rings. The molecule has 8 nitrogen and oxygen atoms in total. The molecule has 10 heteroatoms. The first-order chi connectivity index (χ1) is 13.3. The van der Waals surface area contributed by atoms with Crippen molar-refractivity contribution in [3.05, 3.63) is 30.2 Å². The molecule has 1 aliphatic rings. The fraction of sp³-hybridized carbons (Fsp3) is 0.556. The molecule has 2 rings (SSSR count). The molecule has 156 valence electrons. The third kappa shape index (κ3) is 5.49. The van der Waals surface area contributed by atoms with Gasteiger partial charge in [-0.15, -0.1) is 0 Å². The fourth-order valence-electron chi connectivity index (χ4n) is 2.98. The van der Waals surface area contributed by atoms with Crippen LogP contribution in [0.1, 0.15) is 12.8 Å². The minimum atomic E-state index is -3.68. The Morgan fingerprint density at radius 3 is 2.57 bits per heavy atom. The molecule has 28 heavy (non-hydrogen) atoms. The molecule has 0 aliphatic carbocycles. The quantitative estimate of drug-likeness (QED) is 0.683. The lowest BCUT2D eigenvalue weighted by molar-refractivity contribution is -0.134. The van der Waals surface area contributed by atoms with Crippen LogP contribution >= 0.6 is 0 Å². The first-order valence-electron chi connectivity index (χ1n) is 9.02. The van der Waals surface area contributed by atoms with Gasteiger partial charge < -0.3 is 15.0 Å². The molecule has 1 N–H and O–H groups in total. The number of nitrogens with one attached hydrogen (secondary N) is 1. The first kappa shape index (κ1) is 22.3. The minimum absolute atomic E-state index is 0.0177. The van der Waals surface area contributed by atoms with E-state index in [0.717, 1.165) is 0 Å².